The van der Waals surface area contributed by atoms with Gasteiger partial charge in [0.2, 0.25) is 0 Å². The summed E-state index contributed by atoms with van der Waals surface area (Å²) in [4.78, 5) is 19.2. The summed E-state index contributed by atoms with van der Waals surface area (Å²) in [6.45, 7) is 3.89. The standard InChI is InChI=1S/C18H16F2N2O2S2/c1-10-9-22-13(11(2)21-18(22)25-10)5-6-14(23)12-4-7-16(26-17(19)20)15(8-12)24-3/h4-9,17H,1-3H3/b6-5+. The molecule has 0 aliphatic carbocycles. The van der Waals surface area contributed by atoms with Crippen molar-refractivity contribution in [2.75, 3.05) is 7.11 Å². The van der Waals surface area contributed by atoms with E-state index in [-0.39, 0.29) is 11.5 Å². The van der Waals surface area contributed by atoms with Crippen LogP contribution in [0.15, 0.2) is 35.4 Å². The Bertz CT molecular complexity index is 993. The monoisotopic (exact) mass is 394 g/mol. The molecule has 0 amide bonds. The number of halogens is 2. The number of imidazole rings is 1. The van der Waals surface area contributed by atoms with Crippen LogP contribution in [0.5, 0.6) is 5.75 Å². The molecule has 0 bridgehead atoms. The van der Waals surface area contributed by atoms with Gasteiger partial charge in [-0.2, -0.15) is 8.78 Å². The van der Waals surface area contributed by atoms with E-state index < -0.39 is 5.76 Å². The van der Waals surface area contributed by atoms with Crippen LogP contribution < -0.4 is 4.74 Å². The number of ether oxygens (including phenoxy) is 1. The van der Waals surface area contributed by atoms with E-state index in [9.17, 15) is 13.6 Å². The molecule has 0 aliphatic heterocycles. The van der Waals surface area contributed by atoms with Gasteiger partial charge in [-0.05, 0) is 44.2 Å². The zero-order chi connectivity index (χ0) is 18.8. The average Bonchev–Trinajstić information content (AvgIpc) is 3.07. The highest BCUT2D eigenvalue weighted by Gasteiger charge is 2.14. The predicted octanol–water partition coefficient (Wildman–Crippen LogP) is 5.23. The first-order valence-corrected chi connectivity index (χ1v) is 9.39. The highest BCUT2D eigenvalue weighted by Crippen LogP contribution is 2.34. The Balaban J connectivity index is 1.87. The minimum atomic E-state index is -2.55. The number of carbonyl (C=O) groups is 1. The van der Waals surface area contributed by atoms with E-state index in [1.165, 1.54) is 31.4 Å². The van der Waals surface area contributed by atoms with Crippen molar-refractivity contribution in [3.8, 4) is 5.75 Å². The number of carbonyl (C=O) groups excluding carboxylic acids is 1. The highest BCUT2D eigenvalue weighted by molar-refractivity contribution is 7.99. The smallest absolute Gasteiger partial charge is 0.289 e. The second-order valence-electron chi connectivity index (χ2n) is 5.52. The number of alkyl halides is 2. The fourth-order valence-electron chi connectivity index (χ4n) is 2.55. The van der Waals surface area contributed by atoms with Crippen molar-refractivity contribution in [3.05, 3.63) is 52.3 Å². The number of hydrogen-bond acceptors (Lipinski definition) is 5. The molecule has 0 saturated carbocycles. The Morgan fingerprint density at radius 2 is 2.15 bits per heavy atom. The molecular weight excluding hydrogens is 378 g/mol. The minimum absolute atomic E-state index is 0.238. The molecule has 3 rings (SSSR count). The lowest BCUT2D eigenvalue weighted by atomic mass is 10.1. The van der Waals surface area contributed by atoms with Gasteiger partial charge < -0.3 is 4.74 Å². The lowest BCUT2D eigenvalue weighted by molar-refractivity contribution is 0.104. The van der Waals surface area contributed by atoms with Gasteiger partial charge in [0.25, 0.3) is 5.76 Å². The fraction of sp³-hybridized carbons (Fsp3) is 0.222. The first-order valence-electron chi connectivity index (χ1n) is 7.69. The van der Waals surface area contributed by atoms with Crippen LogP contribution in [0.2, 0.25) is 0 Å². The number of methoxy groups -OCH3 is 1. The lowest BCUT2D eigenvalue weighted by Gasteiger charge is -2.08. The van der Waals surface area contributed by atoms with Crippen LogP contribution in [-0.2, 0) is 0 Å². The third kappa shape index (κ3) is 3.81. The summed E-state index contributed by atoms with van der Waals surface area (Å²) >= 11 is 1.97. The Hall–Kier alpha value is -2.19. The van der Waals surface area contributed by atoms with Gasteiger partial charge in [-0.15, -0.1) is 11.3 Å². The molecule has 3 aromatic rings. The van der Waals surface area contributed by atoms with E-state index in [1.54, 1.807) is 17.4 Å². The molecule has 26 heavy (non-hydrogen) atoms. The zero-order valence-electron chi connectivity index (χ0n) is 14.3. The van der Waals surface area contributed by atoms with E-state index in [1.807, 2.05) is 24.4 Å². The first-order chi connectivity index (χ1) is 12.4. The second-order valence-corrected chi connectivity index (χ2v) is 7.76. The van der Waals surface area contributed by atoms with E-state index in [0.717, 1.165) is 21.2 Å². The number of aromatic nitrogens is 2. The van der Waals surface area contributed by atoms with Crippen molar-refractivity contribution in [1.29, 1.82) is 0 Å². The number of nitrogens with zero attached hydrogens (tertiary/aromatic N) is 2. The van der Waals surface area contributed by atoms with Crippen molar-refractivity contribution in [2.45, 2.75) is 24.5 Å². The Kier molecular flexibility index (Phi) is 5.43. The number of hydrogen-bond donors (Lipinski definition) is 0. The molecule has 8 heteroatoms. The first kappa shape index (κ1) is 18.6. The van der Waals surface area contributed by atoms with Crippen molar-refractivity contribution in [1.82, 2.24) is 9.38 Å². The summed E-state index contributed by atoms with van der Waals surface area (Å²) in [5.74, 6) is -2.53. The third-order valence-electron chi connectivity index (χ3n) is 3.72. The van der Waals surface area contributed by atoms with E-state index >= 15 is 0 Å². The Morgan fingerprint density at radius 1 is 1.38 bits per heavy atom. The van der Waals surface area contributed by atoms with Crippen molar-refractivity contribution >= 4 is 39.9 Å². The van der Waals surface area contributed by atoms with Gasteiger partial charge >= 0.3 is 0 Å². The maximum absolute atomic E-state index is 12.6. The molecule has 136 valence electrons. The van der Waals surface area contributed by atoms with Crippen LogP contribution in [0.1, 0.15) is 26.6 Å². The van der Waals surface area contributed by atoms with Gasteiger partial charge in [-0.3, -0.25) is 9.20 Å². The van der Waals surface area contributed by atoms with Gasteiger partial charge in [0.05, 0.1) is 23.4 Å². The van der Waals surface area contributed by atoms with Gasteiger partial charge in [0.1, 0.15) is 5.75 Å². The number of fused-ring (bicyclic) bond motifs is 1. The lowest BCUT2D eigenvalue weighted by Crippen LogP contribution is -1.97. The number of thiazole rings is 1. The number of aryl methyl sites for hydroxylation is 2. The largest absolute Gasteiger partial charge is 0.496 e. The molecule has 0 aliphatic rings. The molecule has 0 atom stereocenters. The fourth-order valence-corrected chi connectivity index (χ4v) is 4.02. The zero-order valence-corrected chi connectivity index (χ0v) is 16.0. The number of benzene rings is 1. The summed E-state index contributed by atoms with van der Waals surface area (Å²) in [7, 11) is 1.39. The minimum Gasteiger partial charge on any atom is -0.496 e. The summed E-state index contributed by atoms with van der Waals surface area (Å²) in [5.41, 5.74) is 2.05. The summed E-state index contributed by atoms with van der Waals surface area (Å²) in [6.07, 6.45) is 5.15. The van der Waals surface area contributed by atoms with E-state index in [4.69, 9.17) is 4.74 Å². The Labute approximate surface area is 157 Å². The molecule has 0 unspecified atom stereocenters. The van der Waals surface area contributed by atoms with Gasteiger partial charge in [0.15, 0.2) is 10.7 Å². The molecule has 0 saturated heterocycles. The second kappa shape index (κ2) is 7.59. The molecular formula is C18H16F2N2O2S2. The molecule has 4 nitrogen and oxygen atoms in total. The van der Waals surface area contributed by atoms with E-state index in [0.29, 0.717) is 22.2 Å². The molecule has 2 aromatic heterocycles. The summed E-state index contributed by atoms with van der Waals surface area (Å²) < 4.78 is 32.2. The van der Waals surface area contributed by atoms with Crippen molar-refractivity contribution < 1.29 is 18.3 Å². The normalized spacial score (nSPS) is 11.8. The molecule has 0 fully saturated rings. The summed E-state index contributed by atoms with van der Waals surface area (Å²) in [5, 5.41) is 0. The van der Waals surface area contributed by atoms with Crippen molar-refractivity contribution in [2.24, 2.45) is 0 Å². The van der Waals surface area contributed by atoms with Gasteiger partial charge in [0, 0.05) is 16.6 Å². The van der Waals surface area contributed by atoms with Crippen LogP contribution in [0.25, 0.3) is 11.0 Å². The van der Waals surface area contributed by atoms with Crippen LogP contribution in [-0.4, -0.2) is 28.0 Å². The van der Waals surface area contributed by atoms with Crippen LogP contribution in [0, 0.1) is 13.8 Å². The topological polar surface area (TPSA) is 43.6 Å². The highest BCUT2D eigenvalue weighted by atomic mass is 32.2. The maximum atomic E-state index is 12.6. The maximum Gasteiger partial charge on any atom is 0.289 e. The predicted molar refractivity (Wildman–Crippen MR) is 101 cm³/mol. The van der Waals surface area contributed by atoms with Crippen molar-refractivity contribution in [3.63, 3.8) is 0 Å². The third-order valence-corrected chi connectivity index (χ3v) is 5.39. The number of thioether (sulfide) groups is 1. The number of ketones is 1. The van der Waals surface area contributed by atoms with E-state index in [2.05, 4.69) is 4.98 Å². The SMILES string of the molecule is COc1cc(C(=O)/C=C/c2c(C)nc3sc(C)cn23)ccc1SC(F)F. The quantitative estimate of drug-likeness (QED) is 0.326. The molecule has 2 heterocycles. The molecule has 0 radical (unpaired) electrons. The average molecular weight is 394 g/mol. The van der Waals surface area contributed by atoms with Crippen LogP contribution in [0.3, 0.4) is 0 Å². The van der Waals surface area contributed by atoms with Crippen LogP contribution in [0.4, 0.5) is 8.78 Å². The Morgan fingerprint density at radius 3 is 2.85 bits per heavy atom. The molecule has 0 N–H and O–H groups in total. The number of allylic oxidation sites excluding steroid dienone is 1. The molecule has 1 aromatic carbocycles. The van der Waals surface area contributed by atoms with Gasteiger partial charge in [-0.25, -0.2) is 4.98 Å². The number of rotatable bonds is 6. The van der Waals surface area contributed by atoms with Crippen LogP contribution >= 0.6 is 23.1 Å². The molecule has 0 spiro atoms. The summed E-state index contributed by atoms with van der Waals surface area (Å²) in [6, 6.07) is 4.47. The van der Waals surface area contributed by atoms with Gasteiger partial charge in [-0.1, -0.05) is 11.8 Å².